The fourth-order valence-electron chi connectivity index (χ4n) is 1.49. The highest BCUT2D eigenvalue weighted by molar-refractivity contribution is 9.10. The van der Waals surface area contributed by atoms with E-state index in [9.17, 15) is 23.3 Å². The first kappa shape index (κ1) is 20.6. The van der Waals surface area contributed by atoms with Gasteiger partial charge in [-0.25, -0.2) is 4.79 Å². The minimum Gasteiger partial charge on any atom is -0.296 e. The molecular formula is C10H16BrN2O7P3. The molecule has 0 fully saturated rings. The third-order valence-electron chi connectivity index (χ3n) is 2.30. The van der Waals surface area contributed by atoms with E-state index in [2.05, 4.69) is 20.9 Å². The van der Waals surface area contributed by atoms with Gasteiger partial charge in [0.05, 0.1) is 10.6 Å². The normalized spacial score (nSPS) is 17.0. The molecule has 1 aromatic heterocycles. The van der Waals surface area contributed by atoms with Gasteiger partial charge in [-0.2, -0.15) is 0 Å². The molecule has 2 unspecified atom stereocenters. The van der Waals surface area contributed by atoms with E-state index in [0.29, 0.717) is 0 Å². The molecule has 0 bridgehead atoms. The van der Waals surface area contributed by atoms with Gasteiger partial charge in [-0.15, -0.1) is 0 Å². The molecule has 1 aromatic rings. The van der Waals surface area contributed by atoms with Crippen LogP contribution in [0.4, 0.5) is 0 Å². The Bertz CT molecular complexity index is 780. The van der Waals surface area contributed by atoms with Crippen molar-refractivity contribution in [1.29, 1.82) is 0 Å². The molecule has 0 aliphatic heterocycles. The van der Waals surface area contributed by atoms with E-state index in [4.69, 9.17) is 8.62 Å². The third-order valence-corrected chi connectivity index (χ3v) is 7.81. The SMILES string of the molecule is C[PH](=O)OP(=O)(C/C=C/Cn1cc(Br)c(=O)[nH]c1=O)O[PH](C)=O. The van der Waals surface area contributed by atoms with Crippen LogP contribution in [-0.4, -0.2) is 29.0 Å². The van der Waals surface area contributed by atoms with Gasteiger partial charge in [0.25, 0.3) is 5.56 Å². The molecule has 13 heteroatoms. The quantitative estimate of drug-likeness (QED) is 0.477. The molecule has 130 valence electrons. The van der Waals surface area contributed by atoms with E-state index in [-0.39, 0.29) is 17.2 Å². The molecule has 23 heavy (non-hydrogen) atoms. The maximum Gasteiger partial charge on any atom is 0.345 e. The van der Waals surface area contributed by atoms with Crippen LogP contribution < -0.4 is 11.2 Å². The number of hydrogen-bond donors (Lipinski definition) is 1. The molecule has 0 aliphatic rings. The van der Waals surface area contributed by atoms with E-state index in [1.807, 2.05) is 0 Å². The molecule has 0 saturated carbocycles. The molecule has 0 aromatic carbocycles. The van der Waals surface area contributed by atoms with E-state index in [0.717, 1.165) is 0 Å². The van der Waals surface area contributed by atoms with Gasteiger partial charge in [-0.1, -0.05) is 12.2 Å². The van der Waals surface area contributed by atoms with Crippen LogP contribution in [0.1, 0.15) is 0 Å². The molecule has 1 rings (SSSR count). The summed E-state index contributed by atoms with van der Waals surface area (Å²) in [7, 11) is -8.83. The van der Waals surface area contributed by atoms with E-state index >= 15 is 0 Å². The van der Waals surface area contributed by atoms with Crippen molar-refractivity contribution in [2.24, 2.45) is 0 Å². The van der Waals surface area contributed by atoms with Gasteiger partial charge in [0.1, 0.15) is 0 Å². The highest BCUT2D eigenvalue weighted by Crippen LogP contribution is 2.59. The molecule has 0 amide bonds. The van der Waals surface area contributed by atoms with Crippen molar-refractivity contribution in [3.63, 3.8) is 0 Å². The Morgan fingerprint density at radius 1 is 1.26 bits per heavy atom. The van der Waals surface area contributed by atoms with Crippen molar-refractivity contribution in [3.05, 3.63) is 43.7 Å². The zero-order valence-corrected chi connectivity index (χ0v) is 16.8. The molecule has 1 N–H and O–H groups in total. The van der Waals surface area contributed by atoms with Crippen LogP contribution in [0.5, 0.6) is 0 Å². The largest absolute Gasteiger partial charge is 0.345 e. The summed E-state index contributed by atoms with van der Waals surface area (Å²) < 4.78 is 45.5. The Labute approximate surface area is 141 Å². The Hall–Kier alpha value is -0.490. The lowest BCUT2D eigenvalue weighted by Crippen LogP contribution is -2.29. The molecule has 0 aliphatic carbocycles. The fourth-order valence-corrected chi connectivity index (χ4v) is 6.46. The zero-order chi connectivity index (χ0) is 17.6. The second-order valence-electron chi connectivity index (χ2n) is 4.32. The third kappa shape index (κ3) is 7.29. The van der Waals surface area contributed by atoms with Crippen molar-refractivity contribution < 1.29 is 22.3 Å². The standard InChI is InChI=1S/C10H16BrN2O7P3/c1-21(16)19-23(18,20-22(2)17)6-4-3-5-13-7-8(11)9(14)12-10(13)15/h3-4,7,21-22H,5-6H2,1-2H3,(H,12,14,15)/b4-3+. The minimum absolute atomic E-state index is 0.0941. The number of aromatic nitrogens is 2. The van der Waals surface area contributed by atoms with Crippen molar-refractivity contribution in [3.8, 4) is 0 Å². The number of halogens is 1. The summed E-state index contributed by atoms with van der Waals surface area (Å²) in [5.74, 6) is 0. The second kappa shape index (κ2) is 9.11. The summed E-state index contributed by atoms with van der Waals surface area (Å²) in [4.78, 5) is 24.9. The van der Waals surface area contributed by atoms with Gasteiger partial charge in [-0.05, 0) is 15.9 Å². The van der Waals surface area contributed by atoms with E-state index in [1.54, 1.807) is 0 Å². The van der Waals surface area contributed by atoms with Crippen molar-refractivity contribution in [2.45, 2.75) is 6.54 Å². The minimum atomic E-state index is -3.76. The number of allylic oxidation sites excluding steroid dienone is 2. The highest BCUT2D eigenvalue weighted by atomic mass is 79.9. The van der Waals surface area contributed by atoms with Crippen LogP contribution in [0.25, 0.3) is 0 Å². The maximum absolute atomic E-state index is 12.2. The Kier molecular flexibility index (Phi) is 8.14. The zero-order valence-electron chi connectivity index (χ0n) is 12.3. The lowest BCUT2D eigenvalue weighted by molar-refractivity contribution is 0.397. The van der Waals surface area contributed by atoms with E-state index < -0.39 is 34.9 Å². The van der Waals surface area contributed by atoms with Crippen LogP contribution in [0.2, 0.25) is 0 Å². The summed E-state index contributed by atoms with van der Waals surface area (Å²) in [6.07, 6.45) is 3.97. The van der Waals surface area contributed by atoms with Gasteiger partial charge in [0.2, 0.25) is 0 Å². The fraction of sp³-hybridized carbons (Fsp3) is 0.400. The molecule has 0 radical (unpaired) electrons. The molecule has 9 nitrogen and oxygen atoms in total. The summed E-state index contributed by atoms with van der Waals surface area (Å²) >= 11 is 3.00. The maximum atomic E-state index is 12.2. The lowest BCUT2D eigenvalue weighted by atomic mass is 10.5. The first-order valence-corrected chi connectivity index (χ1v) is 12.4. The van der Waals surface area contributed by atoms with Crippen LogP contribution >= 0.6 is 39.6 Å². The summed E-state index contributed by atoms with van der Waals surface area (Å²) in [6, 6.07) is 0. The Morgan fingerprint density at radius 3 is 2.35 bits per heavy atom. The molecule has 1 heterocycles. The molecular weight excluding hydrogens is 433 g/mol. The van der Waals surface area contributed by atoms with Crippen molar-refractivity contribution >= 4 is 39.6 Å². The number of hydrogen-bond acceptors (Lipinski definition) is 7. The number of nitrogens with zero attached hydrogens (tertiary/aromatic N) is 1. The predicted octanol–water partition coefficient (Wildman–Crippen LogP) is 2.29. The van der Waals surface area contributed by atoms with Gasteiger partial charge in [-0.3, -0.25) is 36.7 Å². The highest BCUT2D eigenvalue weighted by Gasteiger charge is 2.26. The first-order valence-electron chi connectivity index (χ1n) is 6.26. The second-order valence-corrected chi connectivity index (χ2v) is 10.2. The molecule has 0 saturated heterocycles. The first-order chi connectivity index (χ1) is 10.6. The van der Waals surface area contributed by atoms with Gasteiger partial charge in [0, 0.05) is 26.1 Å². The topological polar surface area (TPSA) is 125 Å². The van der Waals surface area contributed by atoms with Crippen LogP contribution in [-0.2, 0) is 28.9 Å². The average molecular weight is 449 g/mol. The Morgan fingerprint density at radius 2 is 1.83 bits per heavy atom. The van der Waals surface area contributed by atoms with Crippen molar-refractivity contribution in [2.75, 3.05) is 19.5 Å². The van der Waals surface area contributed by atoms with E-state index in [1.165, 1.54) is 36.2 Å². The number of rotatable bonds is 8. The van der Waals surface area contributed by atoms with Gasteiger partial charge < -0.3 is 0 Å². The average Bonchev–Trinajstić information content (AvgIpc) is 2.38. The van der Waals surface area contributed by atoms with Crippen LogP contribution in [0.15, 0.2) is 32.4 Å². The number of nitrogens with one attached hydrogen (secondary N) is 1. The van der Waals surface area contributed by atoms with Crippen LogP contribution in [0.3, 0.4) is 0 Å². The Balaban J connectivity index is 2.80. The van der Waals surface area contributed by atoms with Crippen LogP contribution in [0, 0.1) is 0 Å². The summed E-state index contributed by atoms with van der Waals surface area (Å²) in [5.41, 5.74) is -1.14. The smallest absolute Gasteiger partial charge is 0.296 e. The lowest BCUT2D eigenvalue weighted by Gasteiger charge is -2.13. The molecule has 2 atom stereocenters. The number of H-pyrrole nitrogens is 1. The molecule has 0 spiro atoms. The van der Waals surface area contributed by atoms with Crippen molar-refractivity contribution in [1.82, 2.24) is 9.55 Å². The van der Waals surface area contributed by atoms with Gasteiger partial charge >= 0.3 is 13.3 Å². The van der Waals surface area contributed by atoms with Gasteiger partial charge in [0.15, 0.2) is 16.1 Å². The number of aromatic amines is 1. The predicted molar refractivity (Wildman–Crippen MR) is 92.7 cm³/mol. The monoisotopic (exact) mass is 448 g/mol. The summed E-state index contributed by atoms with van der Waals surface area (Å²) in [5, 5.41) is 0. The summed E-state index contributed by atoms with van der Waals surface area (Å²) in [6.45, 7) is 2.58.